The van der Waals surface area contributed by atoms with Crippen molar-refractivity contribution in [3.8, 4) is 0 Å². The van der Waals surface area contributed by atoms with E-state index in [1.807, 2.05) is 0 Å². The number of rotatable bonds is 9. The maximum atomic E-state index is 2.68. The fourth-order valence-corrected chi connectivity index (χ4v) is 3.11. The van der Waals surface area contributed by atoms with Crippen molar-refractivity contribution in [2.45, 2.75) is 52.9 Å². The third kappa shape index (κ3) is 7.12. The summed E-state index contributed by atoms with van der Waals surface area (Å²) in [6, 6.07) is 0. The van der Waals surface area contributed by atoms with E-state index < -0.39 is 0 Å². The Morgan fingerprint density at radius 3 is 2.42 bits per heavy atom. The Hall–Kier alpha value is -0.340. The van der Waals surface area contributed by atoms with Crippen molar-refractivity contribution in [3.05, 3.63) is 12.2 Å². The summed E-state index contributed by atoms with van der Waals surface area (Å²) in [5.41, 5.74) is 0. The normalized spacial score (nSPS) is 18.7. The standard InChI is InChI=1S/C17H34N2/c1-4-7-8-13-19(12-6-3)16-17-9-14-18(11-5-2)15-10-17/h4,7,17H,5-6,8-16H2,1-3H3/b7-4-. The minimum atomic E-state index is 0.935. The molecule has 0 aliphatic carbocycles. The van der Waals surface area contributed by atoms with E-state index >= 15 is 0 Å². The van der Waals surface area contributed by atoms with E-state index in [2.05, 4.69) is 42.7 Å². The summed E-state index contributed by atoms with van der Waals surface area (Å²) in [7, 11) is 0. The van der Waals surface area contributed by atoms with Crippen LogP contribution in [0.25, 0.3) is 0 Å². The number of piperidine rings is 1. The van der Waals surface area contributed by atoms with Gasteiger partial charge in [0.2, 0.25) is 0 Å². The fraction of sp³-hybridized carbons (Fsp3) is 0.882. The van der Waals surface area contributed by atoms with Crippen LogP contribution in [0.5, 0.6) is 0 Å². The van der Waals surface area contributed by atoms with Gasteiger partial charge in [0.1, 0.15) is 0 Å². The van der Waals surface area contributed by atoms with Crippen LogP contribution in [0.15, 0.2) is 12.2 Å². The number of nitrogens with zero attached hydrogens (tertiary/aromatic N) is 2. The van der Waals surface area contributed by atoms with Crippen LogP contribution in [0.4, 0.5) is 0 Å². The van der Waals surface area contributed by atoms with Gasteiger partial charge in [-0.05, 0) is 71.1 Å². The first-order chi connectivity index (χ1) is 9.30. The quantitative estimate of drug-likeness (QED) is 0.586. The first kappa shape index (κ1) is 16.7. The van der Waals surface area contributed by atoms with Gasteiger partial charge in [0.25, 0.3) is 0 Å². The summed E-state index contributed by atoms with van der Waals surface area (Å²) in [5, 5.41) is 0. The zero-order valence-corrected chi connectivity index (χ0v) is 13.4. The molecule has 2 heteroatoms. The molecule has 1 aliphatic heterocycles. The van der Waals surface area contributed by atoms with Crippen molar-refractivity contribution in [2.24, 2.45) is 5.92 Å². The molecule has 1 rings (SSSR count). The predicted molar refractivity (Wildman–Crippen MR) is 85.6 cm³/mol. The molecule has 0 radical (unpaired) electrons. The molecule has 0 amide bonds. The second-order valence-electron chi connectivity index (χ2n) is 5.94. The van der Waals surface area contributed by atoms with Crippen molar-refractivity contribution >= 4 is 0 Å². The fourth-order valence-electron chi connectivity index (χ4n) is 3.11. The van der Waals surface area contributed by atoms with Gasteiger partial charge in [-0.2, -0.15) is 0 Å². The van der Waals surface area contributed by atoms with Crippen LogP contribution in [-0.4, -0.2) is 49.1 Å². The first-order valence-electron chi connectivity index (χ1n) is 8.36. The average molecular weight is 266 g/mol. The highest BCUT2D eigenvalue weighted by Gasteiger charge is 2.20. The van der Waals surface area contributed by atoms with Crippen LogP contribution in [0.1, 0.15) is 52.9 Å². The maximum absolute atomic E-state index is 2.68. The van der Waals surface area contributed by atoms with Crippen LogP contribution in [-0.2, 0) is 0 Å². The molecular weight excluding hydrogens is 232 g/mol. The van der Waals surface area contributed by atoms with E-state index in [-0.39, 0.29) is 0 Å². The second-order valence-corrected chi connectivity index (χ2v) is 5.94. The van der Waals surface area contributed by atoms with Gasteiger partial charge in [-0.3, -0.25) is 0 Å². The minimum absolute atomic E-state index is 0.935. The van der Waals surface area contributed by atoms with Gasteiger partial charge >= 0.3 is 0 Å². The molecule has 0 atom stereocenters. The van der Waals surface area contributed by atoms with E-state index in [4.69, 9.17) is 0 Å². The third-order valence-corrected chi connectivity index (χ3v) is 4.15. The molecule has 1 aliphatic rings. The molecule has 0 bridgehead atoms. The zero-order valence-electron chi connectivity index (χ0n) is 13.4. The highest BCUT2D eigenvalue weighted by atomic mass is 15.1. The van der Waals surface area contributed by atoms with Crippen molar-refractivity contribution in [3.63, 3.8) is 0 Å². The Morgan fingerprint density at radius 2 is 1.84 bits per heavy atom. The van der Waals surface area contributed by atoms with Gasteiger partial charge in [-0.1, -0.05) is 26.0 Å². The summed E-state index contributed by atoms with van der Waals surface area (Å²) in [6.45, 7) is 14.5. The SMILES string of the molecule is C/C=C\CCN(CCC)CC1CCN(CCC)CC1. The largest absolute Gasteiger partial charge is 0.303 e. The first-order valence-corrected chi connectivity index (χ1v) is 8.36. The Morgan fingerprint density at radius 1 is 1.11 bits per heavy atom. The van der Waals surface area contributed by atoms with Gasteiger partial charge in [-0.25, -0.2) is 0 Å². The second kappa shape index (κ2) is 10.4. The number of likely N-dealkylation sites (tertiary alicyclic amines) is 1. The summed E-state index contributed by atoms with van der Waals surface area (Å²) >= 11 is 0. The van der Waals surface area contributed by atoms with Crippen molar-refractivity contribution in [1.82, 2.24) is 9.80 Å². The smallest absolute Gasteiger partial charge is 0.00160 e. The summed E-state index contributed by atoms with van der Waals surface area (Å²) in [4.78, 5) is 5.32. The molecule has 1 saturated heterocycles. The van der Waals surface area contributed by atoms with Crippen molar-refractivity contribution in [1.29, 1.82) is 0 Å². The minimum Gasteiger partial charge on any atom is -0.303 e. The molecule has 0 spiro atoms. The number of hydrogen-bond acceptors (Lipinski definition) is 2. The molecule has 0 aromatic heterocycles. The summed E-state index contributed by atoms with van der Waals surface area (Å²) < 4.78 is 0. The summed E-state index contributed by atoms with van der Waals surface area (Å²) in [6.07, 6.45) is 11.1. The van der Waals surface area contributed by atoms with Gasteiger partial charge < -0.3 is 9.80 Å². The molecule has 0 N–H and O–H groups in total. The number of allylic oxidation sites excluding steroid dienone is 1. The highest BCUT2D eigenvalue weighted by molar-refractivity contribution is 4.80. The van der Waals surface area contributed by atoms with Crippen LogP contribution in [0, 0.1) is 5.92 Å². The molecule has 112 valence electrons. The van der Waals surface area contributed by atoms with Gasteiger partial charge in [0.05, 0.1) is 0 Å². The van der Waals surface area contributed by atoms with E-state index in [0.29, 0.717) is 0 Å². The predicted octanol–water partition coefficient (Wildman–Crippen LogP) is 3.79. The maximum Gasteiger partial charge on any atom is 0.00160 e. The van der Waals surface area contributed by atoms with Gasteiger partial charge in [0.15, 0.2) is 0 Å². The van der Waals surface area contributed by atoms with Crippen molar-refractivity contribution < 1.29 is 0 Å². The third-order valence-electron chi connectivity index (χ3n) is 4.15. The molecule has 1 heterocycles. The molecule has 19 heavy (non-hydrogen) atoms. The summed E-state index contributed by atoms with van der Waals surface area (Å²) in [5.74, 6) is 0.935. The molecule has 0 aromatic rings. The Balaban J connectivity index is 2.26. The lowest BCUT2D eigenvalue weighted by Gasteiger charge is -2.34. The van der Waals surface area contributed by atoms with Crippen LogP contribution < -0.4 is 0 Å². The lowest BCUT2D eigenvalue weighted by atomic mass is 9.96. The average Bonchev–Trinajstić information content (AvgIpc) is 2.42. The van der Waals surface area contributed by atoms with Crippen molar-refractivity contribution in [2.75, 3.05) is 39.3 Å². The lowest BCUT2D eigenvalue weighted by Crippen LogP contribution is -2.39. The lowest BCUT2D eigenvalue weighted by molar-refractivity contribution is 0.144. The highest BCUT2D eigenvalue weighted by Crippen LogP contribution is 2.18. The van der Waals surface area contributed by atoms with Gasteiger partial charge in [0, 0.05) is 13.1 Å². The van der Waals surface area contributed by atoms with E-state index in [0.717, 1.165) is 5.92 Å². The Kier molecular flexibility index (Phi) is 9.19. The Bertz CT molecular complexity index is 229. The van der Waals surface area contributed by atoms with E-state index in [1.165, 1.54) is 71.4 Å². The molecule has 0 aromatic carbocycles. The number of hydrogen-bond donors (Lipinski definition) is 0. The zero-order chi connectivity index (χ0) is 13.9. The molecule has 1 fully saturated rings. The molecule has 0 unspecified atom stereocenters. The molecule has 0 saturated carbocycles. The molecular formula is C17H34N2. The van der Waals surface area contributed by atoms with Gasteiger partial charge in [-0.15, -0.1) is 0 Å². The van der Waals surface area contributed by atoms with Crippen LogP contribution in [0.2, 0.25) is 0 Å². The van der Waals surface area contributed by atoms with E-state index in [1.54, 1.807) is 0 Å². The Labute approximate surface area is 120 Å². The van der Waals surface area contributed by atoms with Crippen LogP contribution in [0.3, 0.4) is 0 Å². The topological polar surface area (TPSA) is 6.48 Å². The monoisotopic (exact) mass is 266 g/mol. The molecule has 2 nitrogen and oxygen atoms in total. The van der Waals surface area contributed by atoms with Crippen LogP contribution >= 0.6 is 0 Å². The van der Waals surface area contributed by atoms with E-state index in [9.17, 15) is 0 Å².